The zero-order valence-corrected chi connectivity index (χ0v) is 11.6. The number of aromatic nitrogens is 2. The molecule has 1 fully saturated rings. The van der Waals surface area contributed by atoms with Crippen LogP contribution in [0.5, 0.6) is 5.75 Å². The SMILES string of the molecule is CCC(N)c1ccc(OCc2nc(C3CC3)no2)cc1. The van der Waals surface area contributed by atoms with Crippen molar-refractivity contribution in [2.24, 2.45) is 5.73 Å². The van der Waals surface area contributed by atoms with Crippen LogP contribution in [-0.2, 0) is 6.61 Å². The zero-order chi connectivity index (χ0) is 13.9. The Morgan fingerprint density at radius 2 is 2.10 bits per heavy atom. The normalized spacial score (nSPS) is 16.1. The highest BCUT2D eigenvalue weighted by atomic mass is 16.5. The first-order valence-electron chi connectivity index (χ1n) is 7.07. The van der Waals surface area contributed by atoms with Crippen molar-refractivity contribution in [3.05, 3.63) is 41.5 Å². The van der Waals surface area contributed by atoms with Crippen LogP contribution in [0.4, 0.5) is 0 Å². The fourth-order valence-electron chi connectivity index (χ4n) is 2.03. The van der Waals surface area contributed by atoms with Crippen LogP contribution >= 0.6 is 0 Å². The standard InChI is InChI=1S/C15H19N3O2/c1-2-13(16)10-5-7-12(8-6-10)19-9-14-17-15(18-20-14)11-3-4-11/h5-8,11,13H,2-4,9,16H2,1H3. The van der Waals surface area contributed by atoms with Crippen molar-refractivity contribution in [3.8, 4) is 5.75 Å². The number of benzene rings is 1. The van der Waals surface area contributed by atoms with E-state index in [0.29, 0.717) is 18.4 Å². The lowest BCUT2D eigenvalue weighted by Crippen LogP contribution is -2.08. The molecule has 2 N–H and O–H groups in total. The maximum atomic E-state index is 5.97. The molecule has 20 heavy (non-hydrogen) atoms. The van der Waals surface area contributed by atoms with Crippen molar-refractivity contribution >= 4 is 0 Å². The van der Waals surface area contributed by atoms with E-state index >= 15 is 0 Å². The van der Waals surface area contributed by atoms with Gasteiger partial charge in [-0.15, -0.1) is 0 Å². The molecule has 0 spiro atoms. The van der Waals surface area contributed by atoms with E-state index in [0.717, 1.165) is 23.6 Å². The number of nitrogens with two attached hydrogens (primary N) is 1. The topological polar surface area (TPSA) is 74.2 Å². The average Bonchev–Trinajstić information content (AvgIpc) is 3.24. The second-order valence-corrected chi connectivity index (χ2v) is 5.19. The molecule has 0 amide bonds. The summed E-state index contributed by atoms with van der Waals surface area (Å²) >= 11 is 0. The largest absolute Gasteiger partial charge is 0.484 e. The summed E-state index contributed by atoms with van der Waals surface area (Å²) in [4.78, 5) is 4.32. The molecule has 0 radical (unpaired) electrons. The lowest BCUT2D eigenvalue weighted by atomic mass is 10.1. The summed E-state index contributed by atoms with van der Waals surface area (Å²) in [5.74, 6) is 2.62. The van der Waals surface area contributed by atoms with E-state index in [1.165, 1.54) is 12.8 Å². The molecule has 1 unspecified atom stereocenters. The smallest absolute Gasteiger partial charge is 0.264 e. The van der Waals surface area contributed by atoms with E-state index < -0.39 is 0 Å². The molecule has 1 aromatic heterocycles. The van der Waals surface area contributed by atoms with Crippen molar-refractivity contribution in [2.45, 2.75) is 44.8 Å². The average molecular weight is 273 g/mol. The fraction of sp³-hybridized carbons (Fsp3) is 0.467. The molecular weight excluding hydrogens is 254 g/mol. The summed E-state index contributed by atoms with van der Waals surface area (Å²) in [6.07, 6.45) is 3.25. The minimum atomic E-state index is 0.0843. The Hall–Kier alpha value is -1.88. The van der Waals surface area contributed by atoms with E-state index in [2.05, 4.69) is 17.1 Å². The molecule has 1 aromatic carbocycles. The van der Waals surface area contributed by atoms with Gasteiger partial charge in [-0.1, -0.05) is 24.2 Å². The third-order valence-corrected chi connectivity index (χ3v) is 3.54. The number of rotatable bonds is 6. The van der Waals surface area contributed by atoms with Gasteiger partial charge in [0.05, 0.1) is 0 Å². The van der Waals surface area contributed by atoms with E-state index in [1.807, 2.05) is 24.3 Å². The first kappa shape index (κ1) is 13.1. The van der Waals surface area contributed by atoms with Crippen molar-refractivity contribution in [1.82, 2.24) is 10.1 Å². The van der Waals surface area contributed by atoms with Crippen LogP contribution in [0.2, 0.25) is 0 Å². The lowest BCUT2D eigenvalue weighted by molar-refractivity contribution is 0.242. The third-order valence-electron chi connectivity index (χ3n) is 3.54. The molecule has 0 saturated heterocycles. The van der Waals surface area contributed by atoms with Crippen LogP contribution in [0.1, 0.15) is 55.4 Å². The molecule has 1 aliphatic carbocycles. The van der Waals surface area contributed by atoms with Gasteiger partial charge in [0.15, 0.2) is 12.4 Å². The fourth-order valence-corrected chi connectivity index (χ4v) is 2.03. The van der Waals surface area contributed by atoms with Gasteiger partial charge in [-0.05, 0) is 37.0 Å². The lowest BCUT2D eigenvalue weighted by Gasteiger charge is -2.10. The second kappa shape index (κ2) is 5.63. The molecule has 1 heterocycles. The summed E-state index contributed by atoms with van der Waals surface area (Å²) in [5, 5.41) is 3.96. The number of hydrogen-bond acceptors (Lipinski definition) is 5. The van der Waals surface area contributed by atoms with Gasteiger partial charge >= 0.3 is 0 Å². The molecule has 5 heteroatoms. The Morgan fingerprint density at radius 1 is 1.35 bits per heavy atom. The second-order valence-electron chi connectivity index (χ2n) is 5.19. The first-order valence-corrected chi connectivity index (χ1v) is 7.07. The molecule has 0 bridgehead atoms. The van der Waals surface area contributed by atoms with E-state index in [1.54, 1.807) is 0 Å². The maximum absolute atomic E-state index is 5.97. The van der Waals surface area contributed by atoms with Crippen LogP contribution in [0, 0.1) is 0 Å². The van der Waals surface area contributed by atoms with Crippen LogP contribution in [0.3, 0.4) is 0 Å². The molecule has 0 aliphatic heterocycles. The van der Waals surface area contributed by atoms with Crippen molar-refractivity contribution in [3.63, 3.8) is 0 Å². The monoisotopic (exact) mass is 273 g/mol. The highest BCUT2D eigenvalue weighted by Gasteiger charge is 2.28. The quantitative estimate of drug-likeness (QED) is 0.875. The Kier molecular flexibility index (Phi) is 3.69. The van der Waals surface area contributed by atoms with Gasteiger partial charge in [0, 0.05) is 12.0 Å². The van der Waals surface area contributed by atoms with Gasteiger partial charge in [-0.25, -0.2) is 0 Å². The molecular formula is C15H19N3O2. The number of ether oxygens (including phenoxy) is 1. The van der Waals surface area contributed by atoms with Gasteiger partial charge in [0.2, 0.25) is 0 Å². The minimum absolute atomic E-state index is 0.0843. The van der Waals surface area contributed by atoms with Crippen molar-refractivity contribution in [2.75, 3.05) is 0 Å². The summed E-state index contributed by atoms with van der Waals surface area (Å²) in [7, 11) is 0. The molecule has 1 saturated carbocycles. The summed E-state index contributed by atoms with van der Waals surface area (Å²) in [6, 6.07) is 7.91. The van der Waals surface area contributed by atoms with Gasteiger partial charge < -0.3 is 15.0 Å². The predicted molar refractivity (Wildman–Crippen MR) is 74.3 cm³/mol. The zero-order valence-electron chi connectivity index (χ0n) is 11.6. The van der Waals surface area contributed by atoms with Crippen molar-refractivity contribution in [1.29, 1.82) is 0 Å². The van der Waals surface area contributed by atoms with Gasteiger partial charge in [-0.2, -0.15) is 4.98 Å². The van der Waals surface area contributed by atoms with E-state index in [9.17, 15) is 0 Å². The molecule has 2 aromatic rings. The van der Waals surface area contributed by atoms with Gasteiger partial charge in [0.1, 0.15) is 5.75 Å². The van der Waals surface area contributed by atoms with Crippen LogP contribution in [0.25, 0.3) is 0 Å². The third kappa shape index (κ3) is 2.99. The molecule has 1 aliphatic rings. The number of hydrogen-bond donors (Lipinski definition) is 1. The number of nitrogens with zero attached hydrogens (tertiary/aromatic N) is 2. The van der Waals surface area contributed by atoms with Gasteiger partial charge in [0.25, 0.3) is 5.89 Å². The van der Waals surface area contributed by atoms with E-state index in [-0.39, 0.29) is 6.04 Å². The molecule has 106 valence electrons. The van der Waals surface area contributed by atoms with Gasteiger partial charge in [-0.3, -0.25) is 0 Å². The summed E-state index contributed by atoms with van der Waals surface area (Å²) < 4.78 is 10.8. The first-order chi connectivity index (χ1) is 9.76. The molecule has 3 rings (SSSR count). The Morgan fingerprint density at radius 3 is 2.75 bits per heavy atom. The Bertz CT molecular complexity index is 561. The highest BCUT2D eigenvalue weighted by molar-refractivity contribution is 5.29. The Labute approximate surface area is 118 Å². The highest BCUT2D eigenvalue weighted by Crippen LogP contribution is 2.38. The van der Waals surface area contributed by atoms with Crippen molar-refractivity contribution < 1.29 is 9.26 Å². The predicted octanol–water partition coefficient (Wildman–Crippen LogP) is 2.94. The van der Waals surface area contributed by atoms with Crippen LogP contribution in [0.15, 0.2) is 28.8 Å². The summed E-state index contributed by atoms with van der Waals surface area (Å²) in [6.45, 7) is 2.38. The summed E-state index contributed by atoms with van der Waals surface area (Å²) in [5.41, 5.74) is 7.09. The van der Waals surface area contributed by atoms with Crippen LogP contribution < -0.4 is 10.5 Å². The minimum Gasteiger partial charge on any atom is -0.484 e. The molecule has 1 atom stereocenters. The maximum Gasteiger partial charge on any atom is 0.264 e. The van der Waals surface area contributed by atoms with Crippen LogP contribution in [-0.4, -0.2) is 10.1 Å². The molecule has 5 nitrogen and oxygen atoms in total. The van der Waals surface area contributed by atoms with E-state index in [4.69, 9.17) is 15.0 Å². The Balaban J connectivity index is 1.57.